The van der Waals surface area contributed by atoms with E-state index >= 15 is 0 Å². The molecule has 1 unspecified atom stereocenters. The van der Waals surface area contributed by atoms with Crippen molar-refractivity contribution in [3.8, 4) is 0 Å². The van der Waals surface area contributed by atoms with Crippen molar-refractivity contribution in [3.05, 3.63) is 28.7 Å². The van der Waals surface area contributed by atoms with Gasteiger partial charge in [-0.1, -0.05) is 0 Å². The first-order chi connectivity index (χ1) is 7.59. The van der Waals surface area contributed by atoms with Gasteiger partial charge in [0.2, 0.25) is 11.8 Å². The summed E-state index contributed by atoms with van der Waals surface area (Å²) < 4.78 is 0. The zero-order chi connectivity index (χ0) is 11.7. The SMILES string of the molecule is NC(=O)C1CC(=O)N(c2ccc[nH]c2=O)C1. The predicted molar refractivity (Wildman–Crippen MR) is 56.7 cm³/mol. The Morgan fingerprint density at radius 3 is 2.81 bits per heavy atom. The quantitative estimate of drug-likeness (QED) is 0.685. The van der Waals surface area contributed by atoms with Gasteiger partial charge < -0.3 is 15.6 Å². The highest BCUT2D eigenvalue weighted by atomic mass is 16.2. The third-order valence-electron chi connectivity index (χ3n) is 2.62. The van der Waals surface area contributed by atoms with Crippen molar-refractivity contribution >= 4 is 17.5 Å². The summed E-state index contributed by atoms with van der Waals surface area (Å²) in [5.74, 6) is -1.27. The summed E-state index contributed by atoms with van der Waals surface area (Å²) in [5, 5.41) is 0. The molecule has 0 bridgehead atoms. The largest absolute Gasteiger partial charge is 0.369 e. The first-order valence-electron chi connectivity index (χ1n) is 4.87. The fraction of sp³-hybridized carbons (Fsp3) is 0.300. The van der Waals surface area contributed by atoms with Crippen LogP contribution in [0.15, 0.2) is 23.1 Å². The Balaban J connectivity index is 2.30. The van der Waals surface area contributed by atoms with E-state index < -0.39 is 11.8 Å². The molecule has 6 nitrogen and oxygen atoms in total. The summed E-state index contributed by atoms with van der Waals surface area (Å²) >= 11 is 0. The number of pyridine rings is 1. The molecule has 2 heterocycles. The second-order valence-electron chi connectivity index (χ2n) is 3.69. The van der Waals surface area contributed by atoms with Crippen molar-refractivity contribution < 1.29 is 9.59 Å². The Morgan fingerprint density at radius 1 is 1.50 bits per heavy atom. The molecule has 2 rings (SSSR count). The van der Waals surface area contributed by atoms with Gasteiger partial charge in [-0.3, -0.25) is 14.4 Å². The number of primary amides is 1. The highest BCUT2D eigenvalue weighted by molar-refractivity contribution is 5.99. The number of aromatic nitrogens is 1. The van der Waals surface area contributed by atoms with Gasteiger partial charge in [0.25, 0.3) is 5.56 Å². The minimum Gasteiger partial charge on any atom is -0.369 e. The van der Waals surface area contributed by atoms with E-state index in [-0.39, 0.29) is 30.1 Å². The summed E-state index contributed by atoms with van der Waals surface area (Å²) in [4.78, 5) is 37.8. The lowest BCUT2D eigenvalue weighted by molar-refractivity contribution is -0.123. The molecule has 1 fully saturated rings. The van der Waals surface area contributed by atoms with Crippen LogP contribution in [0.4, 0.5) is 5.69 Å². The van der Waals surface area contributed by atoms with Crippen molar-refractivity contribution in [1.29, 1.82) is 0 Å². The third-order valence-corrected chi connectivity index (χ3v) is 2.62. The van der Waals surface area contributed by atoms with Crippen LogP contribution in [0.1, 0.15) is 6.42 Å². The lowest BCUT2D eigenvalue weighted by Gasteiger charge is -2.14. The number of hydrogen-bond acceptors (Lipinski definition) is 3. The fourth-order valence-corrected chi connectivity index (χ4v) is 1.76. The number of nitrogens with zero attached hydrogens (tertiary/aromatic N) is 1. The zero-order valence-electron chi connectivity index (χ0n) is 8.47. The van der Waals surface area contributed by atoms with Gasteiger partial charge >= 0.3 is 0 Å². The van der Waals surface area contributed by atoms with Crippen LogP contribution in [0.5, 0.6) is 0 Å². The maximum absolute atomic E-state index is 11.6. The normalized spacial score (nSPS) is 20.1. The Labute approximate surface area is 91.1 Å². The first kappa shape index (κ1) is 10.4. The van der Waals surface area contributed by atoms with E-state index in [9.17, 15) is 14.4 Å². The van der Waals surface area contributed by atoms with Gasteiger partial charge in [-0.15, -0.1) is 0 Å². The van der Waals surface area contributed by atoms with Crippen LogP contribution in [0.25, 0.3) is 0 Å². The molecule has 0 radical (unpaired) electrons. The van der Waals surface area contributed by atoms with Gasteiger partial charge in [-0.25, -0.2) is 0 Å². The van der Waals surface area contributed by atoms with Crippen LogP contribution in [-0.2, 0) is 9.59 Å². The van der Waals surface area contributed by atoms with E-state index in [4.69, 9.17) is 5.73 Å². The van der Waals surface area contributed by atoms with E-state index in [1.807, 2.05) is 0 Å². The monoisotopic (exact) mass is 221 g/mol. The number of amides is 2. The van der Waals surface area contributed by atoms with Crippen molar-refractivity contribution in [2.45, 2.75) is 6.42 Å². The Morgan fingerprint density at radius 2 is 2.25 bits per heavy atom. The Kier molecular flexibility index (Phi) is 2.47. The van der Waals surface area contributed by atoms with Crippen LogP contribution in [-0.4, -0.2) is 23.3 Å². The van der Waals surface area contributed by atoms with E-state index in [2.05, 4.69) is 4.98 Å². The maximum Gasteiger partial charge on any atom is 0.271 e. The van der Waals surface area contributed by atoms with Gasteiger partial charge in [0.1, 0.15) is 5.69 Å². The lowest BCUT2D eigenvalue weighted by Crippen LogP contribution is -2.32. The van der Waals surface area contributed by atoms with Crippen LogP contribution < -0.4 is 16.2 Å². The molecule has 84 valence electrons. The Bertz CT molecular complexity index is 494. The maximum atomic E-state index is 11.6. The number of hydrogen-bond donors (Lipinski definition) is 2. The molecule has 3 N–H and O–H groups in total. The number of carbonyl (C=O) groups is 2. The van der Waals surface area contributed by atoms with E-state index in [1.165, 1.54) is 11.1 Å². The molecule has 1 aromatic rings. The average molecular weight is 221 g/mol. The highest BCUT2D eigenvalue weighted by Gasteiger charge is 2.34. The standard InChI is InChI=1S/C10H11N3O3/c11-9(15)6-4-8(14)13(5-6)7-2-1-3-12-10(7)16/h1-3,6H,4-5H2,(H2,11,15)(H,12,16). The molecule has 0 aromatic carbocycles. The lowest BCUT2D eigenvalue weighted by atomic mass is 10.1. The van der Waals surface area contributed by atoms with Crippen LogP contribution in [0.2, 0.25) is 0 Å². The fourth-order valence-electron chi connectivity index (χ4n) is 1.76. The minimum atomic E-state index is -0.511. The zero-order valence-corrected chi connectivity index (χ0v) is 8.47. The number of H-pyrrole nitrogens is 1. The average Bonchev–Trinajstić information content (AvgIpc) is 2.61. The van der Waals surface area contributed by atoms with Gasteiger partial charge in [0, 0.05) is 19.2 Å². The topological polar surface area (TPSA) is 96.3 Å². The predicted octanol–water partition coefficient (Wildman–Crippen LogP) is -0.787. The van der Waals surface area contributed by atoms with Gasteiger partial charge in [0.05, 0.1) is 5.92 Å². The summed E-state index contributed by atoms with van der Waals surface area (Å²) in [6.45, 7) is 0.182. The number of rotatable bonds is 2. The molecule has 6 heteroatoms. The van der Waals surface area contributed by atoms with Crippen LogP contribution in [0, 0.1) is 5.92 Å². The molecule has 0 aliphatic carbocycles. The summed E-state index contributed by atoms with van der Waals surface area (Å²) in [7, 11) is 0. The smallest absolute Gasteiger partial charge is 0.271 e. The molecular formula is C10H11N3O3. The summed E-state index contributed by atoms with van der Waals surface area (Å²) in [5.41, 5.74) is 5.05. The number of carbonyl (C=O) groups excluding carboxylic acids is 2. The van der Waals surface area contributed by atoms with Crippen LogP contribution in [0.3, 0.4) is 0 Å². The summed E-state index contributed by atoms with van der Waals surface area (Å²) in [6, 6.07) is 3.17. The molecule has 1 aliphatic rings. The molecule has 0 spiro atoms. The molecule has 1 atom stereocenters. The second kappa shape index (κ2) is 3.80. The molecule has 1 saturated heterocycles. The molecule has 0 saturated carbocycles. The summed E-state index contributed by atoms with van der Waals surface area (Å²) in [6.07, 6.45) is 1.56. The van der Waals surface area contributed by atoms with Crippen molar-refractivity contribution in [1.82, 2.24) is 4.98 Å². The Hall–Kier alpha value is -2.11. The van der Waals surface area contributed by atoms with Crippen molar-refractivity contribution in [3.63, 3.8) is 0 Å². The van der Waals surface area contributed by atoms with Gasteiger partial charge in [0.15, 0.2) is 0 Å². The highest BCUT2D eigenvalue weighted by Crippen LogP contribution is 2.21. The van der Waals surface area contributed by atoms with E-state index in [0.29, 0.717) is 0 Å². The first-order valence-corrected chi connectivity index (χ1v) is 4.87. The number of aromatic amines is 1. The molecular weight excluding hydrogens is 210 g/mol. The van der Waals surface area contributed by atoms with E-state index in [1.54, 1.807) is 12.1 Å². The third kappa shape index (κ3) is 1.69. The second-order valence-corrected chi connectivity index (χ2v) is 3.69. The number of nitrogens with one attached hydrogen (secondary N) is 1. The van der Waals surface area contributed by atoms with Crippen LogP contribution >= 0.6 is 0 Å². The van der Waals surface area contributed by atoms with E-state index in [0.717, 1.165) is 0 Å². The number of anilines is 1. The van der Waals surface area contributed by atoms with Gasteiger partial charge in [-0.2, -0.15) is 0 Å². The van der Waals surface area contributed by atoms with Gasteiger partial charge in [-0.05, 0) is 12.1 Å². The minimum absolute atomic E-state index is 0.0731. The number of nitrogens with two attached hydrogens (primary N) is 1. The molecule has 16 heavy (non-hydrogen) atoms. The molecule has 2 amide bonds. The van der Waals surface area contributed by atoms with Crippen molar-refractivity contribution in [2.75, 3.05) is 11.4 Å². The van der Waals surface area contributed by atoms with Crippen molar-refractivity contribution in [2.24, 2.45) is 11.7 Å². The molecule has 1 aromatic heterocycles. The molecule has 1 aliphatic heterocycles.